The van der Waals surface area contributed by atoms with Crippen molar-refractivity contribution in [1.29, 1.82) is 0 Å². The number of likely N-dealkylation sites (N-methyl/N-ethyl adjacent to an activating group) is 1. The second-order valence-electron chi connectivity index (χ2n) is 7.03. The van der Waals surface area contributed by atoms with Crippen molar-refractivity contribution >= 4 is 17.6 Å². The summed E-state index contributed by atoms with van der Waals surface area (Å²) < 4.78 is 0. The molecule has 1 aromatic heterocycles. The molecule has 136 valence electrons. The number of amides is 3. The predicted molar refractivity (Wildman–Crippen MR) is 96.4 cm³/mol. The van der Waals surface area contributed by atoms with Crippen molar-refractivity contribution in [3.63, 3.8) is 0 Å². The molecule has 3 heterocycles. The van der Waals surface area contributed by atoms with Crippen molar-refractivity contribution in [1.82, 2.24) is 20.1 Å². The second-order valence-corrected chi connectivity index (χ2v) is 7.03. The monoisotopic (exact) mass is 345 g/mol. The van der Waals surface area contributed by atoms with Gasteiger partial charge in [-0.3, -0.25) is 14.7 Å². The number of anilines is 1. The number of nitrogens with zero attached hydrogens (tertiary/aromatic N) is 4. The summed E-state index contributed by atoms with van der Waals surface area (Å²) in [5.74, 6) is 0.0759. The van der Waals surface area contributed by atoms with E-state index in [0.717, 1.165) is 38.0 Å². The van der Waals surface area contributed by atoms with Gasteiger partial charge >= 0.3 is 6.03 Å². The van der Waals surface area contributed by atoms with E-state index in [1.165, 1.54) is 0 Å². The Labute approximate surface area is 149 Å². The first-order valence-electron chi connectivity index (χ1n) is 9.00. The highest BCUT2D eigenvalue weighted by atomic mass is 16.2. The first kappa shape index (κ1) is 17.7. The summed E-state index contributed by atoms with van der Waals surface area (Å²) in [7, 11) is 1.98. The number of urea groups is 1. The minimum absolute atomic E-state index is 0.00329. The molecule has 1 aromatic rings. The van der Waals surface area contributed by atoms with Crippen LogP contribution in [-0.4, -0.2) is 72.0 Å². The third kappa shape index (κ3) is 3.61. The number of carbonyl (C=O) groups is 2. The highest BCUT2D eigenvalue weighted by Crippen LogP contribution is 2.33. The fraction of sp³-hybridized carbons (Fsp3) is 0.611. The molecular formula is C18H27N5O2. The van der Waals surface area contributed by atoms with Gasteiger partial charge in [-0.2, -0.15) is 0 Å². The van der Waals surface area contributed by atoms with Crippen LogP contribution in [0.1, 0.15) is 26.2 Å². The molecule has 2 aliphatic heterocycles. The molecular weight excluding hydrogens is 318 g/mol. The number of aromatic nitrogens is 1. The Morgan fingerprint density at radius 2 is 2.24 bits per heavy atom. The summed E-state index contributed by atoms with van der Waals surface area (Å²) in [5, 5.41) is 2.99. The third-order valence-electron chi connectivity index (χ3n) is 5.32. The Hall–Kier alpha value is -2.15. The van der Waals surface area contributed by atoms with E-state index in [2.05, 4.69) is 22.1 Å². The van der Waals surface area contributed by atoms with Gasteiger partial charge in [0.25, 0.3) is 0 Å². The first-order chi connectivity index (χ1) is 12.1. The number of pyridine rings is 1. The molecule has 2 fully saturated rings. The molecule has 7 heteroatoms. The van der Waals surface area contributed by atoms with E-state index in [1.807, 2.05) is 29.0 Å². The maximum Gasteiger partial charge on any atom is 0.317 e. The van der Waals surface area contributed by atoms with Crippen LogP contribution in [0, 0.1) is 0 Å². The van der Waals surface area contributed by atoms with Gasteiger partial charge < -0.3 is 15.1 Å². The molecule has 2 saturated heterocycles. The van der Waals surface area contributed by atoms with Crippen molar-refractivity contribution in [3.8, 4) is 0 Å². The topological polar surface area (TPSA) is 68.8 Å². The summed E-state index contributed by atoms with van der Waals surface area (Å²) >= 11 is 0. The standard InChI is InChI=1S/C18H27N5O2/c1-3-4-9-20-17(25)22-10-7-18(13-22)14-23(16(24)12-21(18)2)15-6-5-8-19-11-15/h5-6,8,11H,3-4,7,9-10,12-14H2,1-2H3,(H,20,25). The Bertz CT molecular complexity index is 623. The van der Waals surface area contributed by atoms with Gasteiger partial charge in [0, 0.05) is 32.4 Å². The Balaban J connectivity index is 1.70. The van der Waals surface area contributed by atoms with Crippen LogP contribution in [-0.2, 0) is 4.79 Å². The van der Waals surface area contributed by atoms with Gasteiger partial charge in [-0.05, 0) is 32.0 Å². The largest absolute Gasteiger partial charge is 0.338 e. The third-order valence-corrected chi connectivity index (χ3v) is 5.32. The summed E-state index contributed by atoms with van der Waals surface area (Å²) in [6, 6.07) is 3.76. The average Bonchev–Trinajstić information content (AvgIpc) is 3.05. The van der Waals surface area contributed by atoms with Gasteiger partial charge in [0.05, 0.1) is 24.0 Å². The molecule has 3 amide bonds. The lowest BCUT2D eigenvalue weighted by molar-refractivity contribution is -0.123. The lowest BCUT2D eigenvalue weighted by atomic mass is 9.92. The number of likely N-dealkylation sites (tertiary alicyclic amines) is 1. The molecule has 3 rings (SSSR count). The normalized spacial score (nSPS) is 24.2. The van der Waals surface area contributed by atoms with Crippen LogP contribution in [0.4, 0.5) is 10.5 Å². The van der Waals surface area contributed by atoms with Crippen LogP contribution in [0.3, 0.4) is 0 Å². The maximum atomic E-state index is 12.5. The predicted octanol–water partition coefficient (Wildman–Crippen LogP) is 1.31. The molecule has 2 aliphatic rings. The van der Waals surface area contributed by atoms with Gasteiger partial charge in [-0.15, -0.1) is 0 Å². The molecule has 0 radical (unpaired) electrons. The van der Waals surface area contributed by atoms with Gasteiger partial charge in [0.2, 0.25) is 5.91 Å². The molecule has 0 saturated carbocycles. The number of nitrogens with one attached hydrogen (secondary N) is 1. The van der Waals surface area contributed by atoms with E-state index in [-0.39, 0.29) is 17.5 Å². The Kier molecular flexibility index (Phi) is 5.22. The van der Waals surface area contributed by atoms with Crippen LogP contribution in [0.25, 0.3) is 0 Å². The minimum atomic E-state index is -0.189. The summed E-state index contributed by atoms with van der Waals surface area (Å²) in [6.45, 7) is 5.14. The fourth-order valence-electron chi connectivity index (χ4n) is 3.66. The van der Waals surface area contributed by atoms with Crippen molar-refractivity contribution in [2.24, 2.45) is 0 Å². The molecule has 0 bridgehead atoms. The number of unbranched alkanes of at least 4 members (excludes halogenated alkanes) is 1. The smallest absolute Gasteiger partial charge is 0.317 e. The lowest BCUT2D eigenvalue weighted by Gasteiger charge is -2.46. The summed E-state index contributed by atoms with van der Waals surface area (Å²) in [5.41, 5.74) is 0.636. The van der Waals surface area contributed by atoms with Crippen molar-refractivity contribution in [2.75, 3.05) is 44.7 Å². The Morgan fingerprint density at radius 3 is 2.96 bits per heavy atom. The molecule has 1 spiro atoms. The zero-order valence-corrected chi connectivity index (χ0v) is 15.1. The zero-order valence-electron chi connectivity index (χ0n) is 15.1. The average molecular weight is 345 g/mol. The van der Waals surface area contributed by atoms with Crippen LogP contribution < -0.4 is 10.2 Å². The first-order valence-corrected chi connectivity index (χ1v) is 9.00. The summed E-state index contributed by atoms with van der Waals surface area (Å²) in [4.78, 5) is 34.8. The van der Waals surface area contributed by atoms with Gasteiger partial charge in [0.1, 0.15) is 0 Å². The van der Waals surface area contributed by atoms with E-state index in [4.69, 9.17) is 0 Å². The van der Waals surface area contributed by atoms with E-state index >= 15 is 0 Å². The molecule has 1 atom stereocenters. The molecule has 1 N–H and O–H groups in total. The van der Waals surface area contributed by atoms with Crippen LogP contribution in [0.2, 0.25) is 0 Å². The zero-order chi connectivity index (χ0) is 17.9. The van der Waals surface area contributed by atoms with Crippen LogP contribution >= 0.6 is 0 Å². The molecule has 1 unspecified atom stereocenters. The number of hydrogen-bond donors (Lipinski definition) is 1. The number of carbonyl (C=O) groups excluding carboxylic acids is 2. The number of piperazine rings is 1. The number of hydrogen-bond acceptors (Lipinski definition) is 4. The quantitative estimate of drug-likeness (QED) is 0.836. The van der Waals surface area contributed by atoms with Gasteiger partial charge in [0.15, 0.2) is 0 Å². The van der Waals surface area contributed by atoms with Crippen LogP contribution in [0.15, 0.2) is 24.5 Å². The van der Waals surface area contributed by atoms with E-state index in [1.54, 1.807) is 12.4 Å². The van der Waals surface area contributed by atoms with Gasteiger partial charge in [-0.25, -0.2) is 4.79 Å². The highest BCUT2D eigenvalue weighted by molar-refractivity contribution is 5.95. The van der Waals surface area contributed by atoms with Crippen molar-refractivity contribution in [2.45, 2.75) is 31.7 Å². The van der Waals surface area contributed by atoms with E-state index in [9.17, 15) is 9.59 Å². The number of rotatable bonds is 4. The van der Waals surface area contributed by atoms with Crippen molar-refractivity contribution in [3.05, 3.63) is 24.5 Å². The lowest BCUT2D eigenvalue weighted by Crippen LogP contribution is -2.64. The summed E-state index contributed by atoms with van der Waals surface area (Å²) in [6.07, 6.45) is 6.36. The van der Waals surface area contributed by atoms with Crippen molar-refractivity contribution < 1.29 is 9.59 Å². The SMILES string of the molecule is CCCCNC(=O)N1CCC2(C1)CN(c1cccnc1)C(=O)CN2C. The second kappa shape index (κ2) is 7.39. The molecule has 0 aromatic carbocycles. The van der Waals surface area contributed by atoms with E-state index < -0.39 is 0 Å². The molecule has 0 aliphatic carbocycles. The van der Waals surface area contributed by atoms with E-state index in [0.29, 0.717) is 19.6 Å². The van der Waals surface area contributed by atoms with Crippen LogP contribution in [0.5, 0.6) is 0 Å². The maximum absolute atomic E-state index is 12.5. The Morgan fingerprint density at radius 1 is 1.40 bits per heavy atom. The van der Waals surface area contributed by atoms with Gasteiger partial charge in [-0.1, -0.05) is 13.3 Å². The fourth-order valence-corrected chi connectivity index (χ4v) is 3.66. The molecule has 7 nitrogen and oxygen atoms in total. The minimum Gasteiger partial charge on any atom is -0.338 e. The molecule has 25 heavy (non-hydrogen) atoms. The highest BCUT2D eigenvalue weighted by Gasteiger charge is 2.48.